The van der Waals surface area contributed by atoms with Gasteiger partial charge in [0, 0.05) is 19.1 Å². The van der Waals surface area contributed by atoms with Crippen molar-refractivity contribution >= 4 is 5.97 Å². The topological polar surface area (TPSA) is 32.8 Å². The Morgan fingerprint density at radius 2 is 2.06 bits per heavy atom. The Kier molecular flexibility index (Phi) is 4.40. The zero-order chi connectivity index (χ0) is 12.3. The largest absolute Gasteiger partial charge is 0.469 e. The first-order chi connectivity index (χ1) is 8.20. The second-order valence-corrected chi connectivity index (χ2v) is 5.37. The minimum absolute atomic E-state index is 0.00247. The predicted octanol–water partition coefficient (Wildman–Crippen LogP) is 0.966. The predicted molar refractivity (Wildman–Crippen MR) is 66.8 cm³/mol. The van der Waals surface area contributed by atoms with Crippen LogP contribution in [-0.4, -0.2) is 61.6 Å². The van der Waals surface area contributed by atoms with Crippen LogP contribution in [0.4, 0.5) is 0 Å². The fourth-order valence-corrected chi connectivity index (χ4v) is 3.05. The molecule has 2 aliphatic heterocycles. The van der Waals surface area contributed by atoms with Gasteiger partial charge in [-0.3, -0.25) is 9.69 Å². The van der Waals surface area contributed by atoms with Gasteiger partial charge in [-0.2, -0.15) is 0 Å². The molecule has 0 radical (unpaired) electrons. The smallest absolute Gasteiger partial charge is 0.309 e. The molecule has 0 N–H and O–H groups in total. The fourth-order valence-electron chi connectivity index (χ4n) is 3.05. The Labute approximate surface area is 104 Å². The average molecular weight is 240 g/mol. The maximum atomic E-state index is 11.4. The van der Waals surface area contributed by atoms with E-state index < -0.39 is 0 Å². The lowest BCUT2D eigenvalue weighted by molar-refractivity contribution is -0.145. The molecule has 2 heterocycles. The number of carbonyl (C=O) groups is 1. The second-order valence-electron chi connectivity index (χ2n) is 5.37. The van der Waals surface area contributed by atoms with Crippen molar-refractivity contribution in [3.05, 3.63) is 0 Å². The van der Waals surface area contributed by atoms with Crippen LogP contribution in [-0.2, 0) is 9.53 Å². The van der Waals surface area contributed by atoms with Crippen LogP contribution in [0, 0.1) is 5.92 Å². The number of carbonyl (C=O) groups excluding carboxylic acids is 1. The van der Waals surface area contributed by atoms with E-state index >= 15 is 0 Å². The first kappa shape index (κ1) is 12.8. The zero-order valence-corrected chi connectivity index (χ0v) is 11.0. The summed E-state index contributed by atoms with van der Waals surface area (Å²) in [7, 11) is 1.47. The lowest BCUT2D eigenvalue weighted by atomic mass is 10.2. The highest BCUT2D eigenvalue weighted by molar-refractivity contribution is 5.72. The number of esters is 1. The number of methoxy groups -OCH3 is 1. The van der Waals surface area contributed by atoms with Gasteiger partial charge in [0.2, 0.25) is 0 Å². The summed E-state index contributed by atoms with van der Waals surface area (Å²) in [5.41, 5.74) is 0. The molecule has 2 fully saturated rings. The number of hydrogen-bond acceptors (Lipinski definition) is 4. The van der Waals surface area contributed by atoms with Crippen LogP contribution in [0.25, 0.3) is 0 Å². The zero-order valence-electron chi connectivity index (χ0n) is 11.0. The Bertz CT molecular complexity index is 264. The summed E-state index contributed by atoms with van der Waals surface area (Å²) in [6, 6.07) is 0.724. The van der Waals surface area contributed by atoms with Gasteiger partial charge in [-0.1, -0.05) is 6.92 Å². The van der Waals surface area contributed by atoms with Crippen LogP contribution in [0.5, 0.6) is 0 Å². The van der Waals surface area contributed by atoms with Crippen LogP contribution in [0.1, 0.15) is 26.2 Å². The molecule has 4 nitrogen and oxygen atoms in total. The van der Waals surface area contributed by atoms with Gasteiger partial charge in [0.25, 0.3) is 0 Å². The molecule has 0 spiro atoms. The molecule has 0 aromatic carbocycles. The highest BCUT2D eigenvalue weighted by Crippen LogP contribution is 2.21. The third-order valence-corrected chi connectivity index (χ3v) is 4.04. The lowest BCUT2D eigenvalue weighted by Crippen LogP contribution is -2.37. The maximum Gasteiger partial charge on any atom is 0.309 e. The average Bonchev–Trinajstić information content (AvgIpc) is 2.97. The summed E-state index contributed by atoms with van der Waals surface area (Å²) in [5.74, 6) is -0.0908. The second kappa shape index (κ2) is 5.83. The minimum Gasteiger partial charge on any atom is -0.469 e. The van der Waals surface area contributed by atoms with E-state index in [1.807, 2.05) is 6.92 Å². The van der Waals surface area contributed by atoms with Crippen molar-refractivity contribution in [3.63, 3.8) is 0 Å². The normalized spacial score (nSPS) is 28.5. The van der Waals surface area contributed by atoms with Crippen LogP contribution >= 0.6 is 0 Å². The Morgan fingerprint density at radius 3 is 2.71 bits per heavy atom. The van der Waals surface area contributed by atoms with Gasteiger partial charge in [0.15, 0.2) is 0 Å². The van der Waals surface area contributed by atoms with Gasteiger partial charge in [0.1, 0.15) is 0 Å². The van der Waals surface area contributed by atoms with E-state index in [4.69, 9.17) is 4.74 Å². The van der Waals surface area contributed by atoms with Crippen molar-refractivity contribution in [1.29, 1.82) is 0 Å². The van der Waals surface area contributed by atoms with E-state index in [1.54, 1.807) is 0 Å². The van der Waals surface area contributed by atoms with E-state index in [1.165, 1.54) is 39.5 Å². The number of likely N-dealkylation sites (tertiary alicyclic amines) is 2. The van der Waals surface area contributed by atoms with Crippen molar-refractivity contribution < 1.29 is 9.53 Å². The van der Waals surface area contributed by atoms with E-state index in [0.717, 1.165) is 25.7 Å². The number of rotatable bonds is 4. The molecule has 2 aliphatic rings. The summed E-state index contributed by atoms with van der Waals surface area (Å²) in [6.07, 6.45) is 3.97. The van der Waals surface area contributed by atoms with Crippen LogP contribution < -0.4 is 0 Å². The third-order valence-electron chi connectivity index (χ3n) is 4.04. The van der Waals surface area contributed by atoms with E-state index in [-0.39, 0.29) is 11.9 Å². The van der Waals surface area contributed by atoms with E-state index in [9.17, 15) is 4.79 Å². The van der Waals surface area contributed by atoms with Crippen LogP contribution in [0.2, 0.25) is 0 Å². The quantitative estimate of drug-likeness (QED) is 0.685. The minimum atomic E-state index is -0.0883. The molecule has 0 aromatic rings. The van der Waals surface area contributed by atoms with Crippen molar-refractivity contribution in [1.82, 2.24) is 9.80 Å². The standard InChI is InChI=1S/C13H24N2O2/c1-11(13(16)17-2)9-14-8-5-12(10-14)15-6-3-4-7-15/h11-12H,3-10H2,1-2H3. The monoisotopic (exact) mass is 240 g/mol. The van der Waals surface area contributed by atoms with Crippen molar-refractivity contribution in [3.8, 4) is 0 Å². The van der Waals surface area contributed by atoms with Gasteiger partial charge < -0.3 is 9.64 Å². The van der Waals surface area contributed by atoms with Gasteiger partial charge in [-0.25, -0.2) is 0 Å². The highest BCUT2D eigenvalue weighted by Gasteiger charge is 2.30. The molecule has 2 rings (SSSR count). The molecule has 0 amide bonds. The van der Waals surface area contributed by atoms with Crippen LogP contribution in [0.15, 0.2) is 0 Å². The van der Waals surface area contributed by atoms with E-state index in [2.05, 4.69) is 9.80 Å². The van der Waals surface area contributed by atoms with Gasteiger partial charge in [-0.15, -0.1) is 0 Å². The van der Waals surface area contributed by atoms with E-state index in [0.29, 0.717) is 0 Å². The lowest BCUT2D eigenvalue weighted by Gasteiger charge is -2.24. The molecule has 0 bridgehead atoms. The molecule has 0 aliphatic carbocycles. The molecular formula is C13H24N2O2. The summed E-state index contributed by atoms with van der Waals surface area (Å²) in [6.45, 7) is 7.59. The Hall–Kier alpha value is -0.610. The van der Waals surface area contributed by atoms with Crippen molar-refractivity contribution in [2.75, 3.05) is 39.8 Å². The van der Waals surface area contributed by atoms with Crippen molar-refractivity contribution in [2.45, 2.75) is 32.2 Å². The molecular weight excluding hydrogens is 216 g/mol. The van der Waals surface area contributed by atoms with Gasteiger partial charge in [0.05, 0.1) is 13.0 Å². The first-order valence-corrected chi connectivity index (χ1v) is 6.75. The number of nitrogens with zero attached hydrogens (tertiary/aromatic N) is 2. The van der Waals surface area contributed by atoms with Gasteiger partial charge in [-0.05, 0) is 38.9 Å². The Morgan fingerprint density at radius 1 is 1.35 bits per heavy atom. The molecule has 0 aromatic heterocycles. The highest BCUT2D eigenvalue weighted by atomic mass is 16.5. The SMILES string of the molecule is COC(=O)C(C)CN1CCC(N2CCCC2)C1. The summed E-state index contributed by atoms with van der Waals surface area (Å²) >= 11 is 0. The molecule has 98 valence electrons. The molecule has 2 atom stereocenters. The fraction of sp³-hybridized carbons (Fsp3) is 0.923. The number of hydrogen-bond donors (Lipinski definition) is 0. The Balaban J connectivity index is 1.75. The molecule has 2 saturated heterocycles. The molecule has 2 unspecified atom stereocenters. The first-order valence-electron chi connectivity index (χ1n) is 6.75. The number of ether oxygens (including phenoxy) is 1. The summed E-state index contributed by atoms with van der Waals surface area (Å²) in [5, 5.41) is 0. The third kappa shape index (κ3) is 3.19. The summed E-state index contributed by atoms with van der Waals surface area (Å²) in [4.78, 5) is 16.4. The molecule has 0 saturated carbocycles. The molecule has 4 heteroatoms. The maximum absolute atomic E-state index is 11.4. The van der Waals surface area contributed by atoms with Crippen molar-refractivity contribution in [2.24, 2.45) is 5.92 Å². The molecule has 17 heavy (non-hydrogen) atoms. The summed E-state index contributed by atoms with van der Waals surface area (Å²) < 4.78 is 4.77. The van der Waals surface area contributed by atoms with Crippen LogP contribution in [0.3, 0.4) is 0 Å². The van der Waals surface area contributed by atoms with Gasteiger partial charge >= 0.3 is 5.97 Å².